The van der Waals surface area contributed by atoms with E-state index in [2.05, 4.69) is 103 Å². The van der Waals surface area contributed by atoms with E-state index in [-0.39, 0.29) is 0 Å². The summed E-state index contributed by atoms with van der Waals surface area (Å²) in [5.74, 6) is 0. The molecule has 160 valence electrons. The van der Waals surface area contributed by atoms with Crippen molar-refractivity contribution in [1.29, 1.82) is 0 Å². The monoisotopic (exact) mass is 477 g/mol. The molecule has 1 aromatic heterocycles. The van der Waals surface area contributed by atoms with E-state index in [4.69, 9.17) is 0 Å². The van der Waals surface area contributed by atoms with Crippen molar-refractivity contribution in [3.8, 4) is 0 Å². The predicted molar refractivity (Wildman–Crippen MR) is 131 cm³/mol. The molecule has 0 amide bonds. The quantitative estimate of drug-likeness (QED) is 0.435. The molecule has 3 aromatic carbocycles. The molecule has 5 rings (SSSR count). The van der Waals surface area contributed by atoms with E-state index >= 15 is 0 Å². The van der Waals surface area contributed by atoms with E-state index in [0.29, 0.717) is 13.1 Å². The molecule has 0 saturated carbocycles. The second kappa shape index (κ2) is 9.13. The number of fused-ring (bicyclic) bond motifs is 3. The summed E-state index contributed by atoms with van der Waals surface area (Å²) in [6.45, 7) is 6.43. The van der Waals surface area contributed by atoms with Crippen LogP contribution >= 0.6 is 15.9 Å². The first-order valence-corrected chi connectivity index (χ1v) is 11.8. The average molecular weight is 478 g/mol. The number of hydrogen-bond donors (Lipinski definition) is 1. The zero-order valence-corrected chi connectivity index (χ0v) is 19.2. The van der Waals surface area contributed by atoms with Gasteiger partial charge in [0.1, 0.15) is 0 Å². The number of halogens is 1. The third kappa shape index (κ3) is 4.55. The van der Waals surface area contributed by atoms with Crippen molar-refractivity contribution < 1.29 is 5.11 Å². The minimum absolute atomic E-state index is 0.400. The minimum Gasteiger partial charge on any atom is -0.390 e. The van der Waals surface area contributed by atoms with Crippen molar-refractivity contribution in [3.63, 3.8) is 0 Å². The molecule has 0 unspecified atom stereocenters. The number of aliphatic hydroxyl groups excluding tert-OH is 1. The van der Waals surface area contributed by atoms with Gasteiger partial charge in [-0.05, 0) is 29.8 Å². The van der Waals surface area contributed by atoms with Gasteiger partial charge in [0.05, 0.1) is 12.6 Å². The number of benzene rings is 3. The molecule has 0 bridgehead atoms. The maximum absolute atomic E-state index is 11.0. The van der Waals surface area contributed by atoms with Crippen LogP contribution in [0, 0.1) is 0 Å². The van der Waals surface area contributed by atoms with E-state index in [1.807, 2.05) is 0 Å². The van der Waals surface area contributed by atoms with Crippen LogP contribution < -0.4 is 0 Å². The second-order valence-corrected chi connectivity index (χ2v) is 9.42. The van der Waals surface area contributed by atoms with Gasteiger partial charge in [-0.3, -0.25) is 9.80 Å². The van der Waals surface area contributed by atoms with Crippen LogP contribution in [0.5, 0.6) is 0 Å². The molecule has 4 aromatic rings. The van der Waals surface area contributed by atoms with Crippen LogP contribution in [0.3, 0.4) is 0 Å². The number of rotatable bonds is 6. The van der Waals surface area contributed by atoms with Crippen molar-refractivity contribution in [1.82, 2.24) is 14.4 Å². The fraction of sp³-hybridized carbons (Fsp3) is 0.308. The fourth-order valence-electron chi connectivity index (χ4n) is 4.76. The molecule has 1 aliphatic rings. The lowest BCUT2D eigenvalue weighted by Gasteiger charge is -2.35. The van der Waals surface area contributed by atoms with Gasteiger partial charge in [-0.25, -0.2) is 0 Å². The van der Waals surface area contributed by atoms with Gasteiger partial charge in [0.2, 0.25) is 0 Å². The highest BCUT2D eigenvalue weighted by atomic mass is 79.9. The number of β-amino-alcohol motifs (C(OH)–C–C–N with tert-alkyl or cyclic N) is 1. The van der Waals surface area contributed by atoms with Crippen molar-refractivity contribution >= 4 is 37.7 Å². The Balaban J connectivity index is 1.24. The Morgan fingerprint density at radius 2 is 1.42 bits per heavy atom. The van der Waals surface area contributed by atoms with E-state index in [0.717, 1.165) is 37.2 Å². The lowest BCUT2D eigenvalue weighted by atomic mass is 10.2. The molecule has 0 radical (unpaired) electrons. The highest BCUT2D eigenvalue weighted by molar-refractivity contribution is 9.10. The van der Waals surface area contributed by atoms with E-state index in [1.54, 1.807) is 0 Å². The van der Waals surface area contributed by atoms with Gasteiger partial charge < -0.3 is 9.67 Å². The fourth-order valence-corrected chi connectivity index (χ4v) is 5.12. The first kappa shape index (κ1) is 20.7. The molecule has 1 fully saturated rings. The van der Waals surface area contributed by atoms with Crippen LogP contribution in [0.4, 0.5) is 0 Å². The summed E-state index contributed by atoms with van der Waals surface area (Å²) in [5.41, 5.74) is 3.73. The predicted octanol–water partition coefficient (Wildman–Crippen LogP) is 4.74. The van der Waals surface area contributed by atoms with E-state index in [1.165, 1.54) is 27.4 Å². The molecule has 1 aliphatic heterocycles. The molecule has 0 spiro atoms. The molecule has 31 heavy (non-hydrogen) atoms. The van der Waals surface area contributed by atoms with Gasteiger partial charge in [0.25, 0.3) is 0 Å². The first-order chi connectivity index (χ1) is 15.2. The number of hydrogen-bond acceptors (Lipinski definition) is 3. The summed E-state index contributed by atoms with van der Waals surface area (Å²) < 4.78 is 3.35. The van der Waals surface area contributed by atoms with Crippen LogP contribution in [0.2, 0.25) is 0 Å². The molecule has 2 heterocycles. The molecular formula is C26H28BrN3O. The smallest absolute Gasteiger partial charge is 0.0845 e. The number of aliphatic hydroxyl groups is 1. The van der Waals surface area contributed by atoms with Gasteiger partial charge in [-0.2, -0.15) is 0 Å². The molecule has 4 nitrogen and oxygen atoms in total. The standard InChI is InChI=1S/C26H28BrN3O/c27-21-10-11-26-24(16-21)23-8-4-5-9-25(23)30(26)19-22(31)18-29-14-12-28(13-15-29)17-20-6-2-1-3-7-20/h1-11,16,22,31H,12-15,17-19H2/t22-/m1/s1. The Morgan fingerprint density at radius 1 is 0.742 bits per heavy atom. The Morgan fingerprint density at radius 3 is 2.23 bits per heavy atom. The summed E-state index contributed by atoms with van der Waals surface area (Å²) in [6, 6.07) is 25.5. The van der Waals surface area contributed by atoms with Crippen LogP contribution in [-0.4, -0.2) is 58.3 Å². The highest BCUT2D eigenvalue weighted by Gasteiger charge is 2.20. The Hall–Kier alpha value is -2.18. The first-order valence-electron chi connectivity index (χ1n) is 11.0. The summed E-state index contributed by atoms with van der Waals surface area (Å²) in [5, 5.41) is 13.4. The number of aromatic nitrogens is 1. The van der Waals surface area contributed by atoms with E-state index in [9.17, 15) is 5.11 Å². The number of para-hydroxylation sites is 1. The Labute approximate surface area is 191 Å². The average Bonchev–Trinajstić information content (AvgIpc) is 3.09. The van der Waals surface area contributed by atoms with Gasteiger partial charge in [-0.15, -0.1) is 0 Å². The third-order valence-corrected chi connectivity index (χ3v) is 6.80. The van der Waals surface area contributed by atoms with Crippen molar-refractivity contribution in [3.05, 3.63) is 82.8 Å². The summed E-state index contributed by atoms with van der Waals surface area (Å²) >= 11 is 3.60. The lowest BCUT2D eigenvalue weighted by molar-refractivity contribution is 0.0634. The third-order valence-electron chi connectivity index (χ3n) is 6.31. The highest BCUT2D eigenvalue weighted by Crippen LogP contribution is 2.31. The van der Waals surface area contributed by atoms with Crippen LogP contribution in [-0.2, 0) is 13.1 Å². The Bertz CT molecular complexity index is 1170. The summed E-state index contributed by atoms with van der Waals surface area (Å²) in [6.07, 6.45) is -0.400. The maximum atomic E-state index is 11.0. The van der Waals surface area contributed by atoms with Gasteiger partial charge in [0, 0.05) is 65.5 Å². The van der Waals surface area contributed by atoms with Gasteiger partial charge in [0.15, 0.2) is 0 Å². The maximum Gasteiger partial charge on any atom is 0.0845 e. The zero-order valence-electron chi connectivity index (χ0n) is 17.6. The molecule has 0 aliphatic carbocycles. The van der Waals surface area contributed by atoms with Crippen LogP contribution in [0.1, 0.15) is 5.56 Å². The molecular weight excluding hydrogens is 450 g/mol. The Kier molecular flexibility index (Phi) is 6.10. The molecule has 1 saturated heterocycles. The van der Waals surface area contributed by atoms with Gasteiger partial charge in [-0.1, -0.05) is 64.5 Å². The number of piperazine rings is 1. The lowest BCUT2D eigenvalue weighted by Crippen LogP contribution is -2.48. The van der Waals surface area contributed by atoms with Crippen molar-refractivity contribution in [2.75, 3.05) is 32.7 Å². The molecule has 1 N–H and O–H groups in total. The summed E-state index contributed by atoms with van der Waals surface area (Å²) in [4.78, 5) is 4.90. The number of nitrogens with zero attached hydrogens (tertiary/aromatic N) is 3. The normalized spacial score (nSPS) is 16.8. The SMILES string of the molecule is O[C@H](CN1CCN(Cc2ccccc2)CC1)Cn1c2ccccc2c2cc(Br)ccc21. The largest absolute Gasteiger partial charge is 0.390 e. The molecule has 1 atom stereocenters. The van der Waals surface area contributed by atoms with Crippen molar-refractivity contribution in [2.24, 2.45) is 0 Å². The van der Waals surface area contributed by atoms with Crippen LogP contribution in [0.15, 0.2) is 77.3 Å². The molecule has 5 heteroatoms. The minimum atomic E-state index is -0.400. The zero-order chi connectivity index (χ0) is 21.2. The summed E-state index contributed by atoms with van der Waals surface area (Å²) in [7, 11) is 0. The van der Waals surface area contributed by atoms with Crippen molar-refractivity contribution in [2.45, 2.75) is 19.2 Å². The van der Waals surface area contributed by atoms with E-state index < -0.39 is 6.10 Å². The second-order valence-electron chi connectivity index (χ2n) is 8.51. The van der Waals surface area contributed by atoms with Crippen LogP contribution in [0.25, 0.3) is 21.8 Å². The topological polar surface area (TPSA) is 31.6 Å². The van der Waals surface area contributed by atoms with Gasteiger partial charge >= 0.3 is 0 Å².